The third-order valence-corrected chi connectivity index (χ3v) is 2.70. The van der Waals surface area contributed by atoms with Crippen LogP contribution in [-0.2, 0) is 0 Å². The molecule has 0 spiro atoms. The smallest absolute Gasteiger partial charge is 0.00340 e. The third-order valence-electron chi connectivity index (χ3n) is 2.24. The first kappa shape index (κ1) is 8.32. The van der Waals surface area contributed by atoms with Gasteiger partial charge in [-0.2, -0.15) is 0 Å². The standard InChI is InChI=1S/C9H15Br/c1-8-3-2-4-9(7-8)5-6-10/h9H,1-7H2. The van der Waals surface area contributed by atoms with Gasteiger partial charge >= 0.3 is 0 Å². The van der Waals surface area contributed by atoms with Crippen LogP contribution in [0.2, 0.25) is 0 Å². The Labute approximate surface area is 71.8 Å². The number of hydrogen-bond donors (Lipinski definition) is 0. The van der Waals surface area contributed by atoms with Gasteiger partial charge in [0.05, 0.1) is 0 Å². The van der Waals surface area contributed by atoms with Crippen LogP contribution in [0.4, 0.5) is 0 Å². The van der Waals surface area contributed by atoms with E-state index in [1.807, 2.05) is 0 Å². The molecule has 0 radical (unpaired) electrons. The summed E-state index contributed by atoms with van der Waals surface area (Å²) in [6.07, 6.45) is 6.69. The van der Waals surface area contributed by atoms with Crippen molar-refractivity contribution in [3.8, 4) is 0 Å². The topological polar surface area (TPSA) is 0 Å². The molecule has 0 aliphatic heterocycles. The Morgan fingerprint density at radius 1 is 1.60 bits per heavy atom. The minimum absolute atomic E-state index is 0.931. The fourth-order valence-electron chi connectivity index (χ4n) is 1.65. The highest BCUT2D eigenvalue weighted by atomic mass is 79.9. The molecule has 1 fully saturated rings. The Morgan fingerprint density at radius 3 is 3.00 bits per heavy atom. The minimum atomic E-state index is 0.931. The lowest BCUT2D eigenvalue weighted by Gasteiger charge is -2.22. The van der Waals surface area contributed by atoms with Gasteiger partial charge in [-0.15, -0.1) is 0 Å². The van der Waals surface area contributed by atoms with Crippen molar-refractivity contribution >= 4 is 15.9 Å². The second-order valence-electron chi connectivity index (χ2n) is 3.19. The van der Waals surface area contributed by atoms with Crippen LogP contribution in [0.15, 0.2) is 12.2 Å². The van der Waals surface area contributed by atoms with E-state index < -0.39 is 0 Å². The molecular formula is C9H15Br. The number of halogens is 1. The molecule has 0 aromatic carbocycles. The average molecular weight is 203 g/mol. The molecule has 0 aromatic rings. The summed E-state index contributed by atoms with van der Waals surface area (Å²) in [5.41, 5.74) is 1.47. The summed E-state index contributed by atoms with van der Waals surface area (Å²) in [7, 11) is 0. The summed E-state index contributed by atoms with van der Waals surface area (Å²) >= 11 is 3.48. The fraction of sp³-hybridized carbons (Fsp3) is 0.778. The molecule has 0 N–H and O–H groups in total. The van der Waals surface area contributed by atoms with E-state index in [1.54, 1.807) is 0 Å². The van der Waals surface area contributed by atoms with E-state index in [0.29, 0.717) is 0 Å². The van der Waals surface area contributed by atoms with Crippen LogP contribution in [0.3, 0.4) is 0 Å². The molecule has 1 unspecified atom stereocenters. The highest BCUT2D eigenvalue weighted by Gasteiger charge is 2.14. The minimum Gasteiger partial charge on any atom is -0.0999 e. The van der Waals surface area contributed by atoms with Gasteiger partial charge in [-0.3, -0.25) is 0 Å². The van der Waals surface area contributed by atoms with Gasteiger partial charge in [0.1, 0.15) is 0 Å². The lowest BCUT2D eigenvalue weighted by atomic mass is 9.85. The van der Waals surface area contributed by atoms with Crippen molar-refractivity contribution in [2.24, 2.45) is 5.92 Å². The molecule has 10 heavy (non-hydrogen) atoms. The predicted molar refractivity (Wildman–Crippen MR) is 49.5 cm³/mol. The Balaban J connectivity index is 2.25. The van der Waals surface area contributed by atoms with Crippen LogP contribution >= 0.6 is 15.9 Å². The van der Waals surface area contributed by atoms with Crippen molar-refractivity contribution in [2.75, 3.05) is 5.33 Å². The van der Waals surface area contributed by atoms with E-state index in [4.69, 9.17) is 0 Å². The zero-order valence-electron chi connectivity index (χ0n) is 6.41. The second kappa shape index (κ2) is 4.17. The SMILES string of the molecule is C=C1CCCC(CCBr)C1. The maximum Gasteiger partial charge on any atom is 0.00340 e. The summed E-state index contributed by atoms with van der Waals surface area (Å²) in [5, 5.41) is 1.16. The van der Waals surface area contributed by atoms with Crippen molar-refractivity contribution in [2.45, 2.75) is 32.1 Å². The van der Waals surface area contributed by atoms with Gasteiger partial charge in [0.25, 0.3) is 0 Å². The first-order valence-electron chi connectivity index (χ1n) is 4.05. The summed E-state index contributed by atoms with van der Waals surface area (Å²) < 4.78 is 0. The van der Waals surface area contributed by atoms with Crippen molar-refractivity contribution in [1.82, 2.24) is 0 Å². The molecule has 0 aromatic heterocycles. The van der Waals surface area contributed by atoms with E-state index >= 15 is 0 Å². The maximum absolute atomic E-state index is 4.03. The molecule has 0 bridgehead atoms. The number of rotatable bonds is 2. The predicted octanol–water partition coefficient (Wildman–Crippen LogP) is 3.52. The van der Waals surface area contributed by atoms with E-state index in [0.717, 1.165) is 11.2 Å². The maximum atomic E-state index is 4.03. The van der Waals surface area contributed by atoms with E-state index in [9.17, 15) is 0 Å². The Hall–Kier alpha value is 0.220. The number of hydrogen-bond acceptors (Lipinski definition) is 0. The van der Waals surface area contributed by atoms with Crippen LogP contribution in [-0.4, -0.2) is 5.33 Å². The molecule has 0 nitrogen and oxygen atoms in total. The Morgan fingerprint density at radius 2 is 2.40 bits per heavy atom. The van der Waals surface area contributed by atoms with Gasteiger partial charge in [0.2, 0.25) is 0 Å². The van der Waals surface area contributed by atoms with Crippen molar-refractivity contribution < 1.29 is 0 Å². The summed E-state index contributed by atoms with van der Waals surface area (Å²) in [5.74, 6) is 0.931. The van der Waals surface area contributed by atoms with Crippen LogP contribution in [0.1, 0.15) is 32.1 Å². The largest absolute Gasteiger partial charge is 0.0999 e. The lowest BCUT2D eigenvalue weighted by Crippen LogP contribution is -2.07. The fourth-order valence-corrected chi connectivity index (χ4v) is 2.30. The van der Waals surface area contributed by atoms with Gasteiger partial charge in [-0.1, -0.05) is 28.1 Å². The van der Waals surface area contributed by atoms with Crippen LogP contribution in [0, 0.1) is 5.92 Å². The van der Waals surface area contributed by atoms with Crippen LogP contribution in [0.5, 0.6) is 0 Å². The van der Waals surface area contributed by atoms with Crippen LogP contribution < -0.4 is 0 Å². The first-order valence-corrected chi connectivity index (χ1v) is 5.17. The monoisotopic (exact) mass is 202 g/mol. The van der Waals surface area contributed by atoms with Gasteiger partial charge in [0, 0.05) is 5.33 Å². The normalized spacial score (nSPS) is 26.9. The summed E-state index contributed by atoms with van der Waals surface area (Å²) in [4.78, 5) is 0. The summed E-state index contributed by atoms with van der Waals surface area (Å²) in [6, 6.07) is 0. The van der Waals surface area contributed by atoms with Crippen molar-refractivity contribution in [3.05, 3.63) is 12.2 Å². The van der Waals surface area contributed by atoms with Gasteiger partial charge in [0.15, 0.2) is 0 Å². The molecule has 1 heteroatoms. The van der Waals surface area contributed by atoms with Crippen LogP contribution in [0.25, 0.3) is 0 Å². The Kier molecular flexibility index (Phi) is 3.47. The summed E-state index contributed by atoms with van der Waals surface area (Å²) in [6.45, 7) is 4.03. The molecule has 0 saturated heterocycles. The van der Waals surface area contributed by atoms with Crippen molar-refractivity contribution in [3.63, 3.8) is 0 Å². The molecule has 0 amide bonds. The third kappa shape index (κ3) is 2.45. The Bertz CT molecular complexity index is 116. The van der Waals surface area contributed by atoms with E-state index in [-0.39, 0.29) is 0 Å². The quantitative estimate of drug-likeness (QED) is 0.475. The second-order valence-corrected chi connectivity index (χ2v) is 3.98. The molecule has 1 aliphatic rings. The highest BCUT2D eigenvalue weighted by Crippen LogP contribution is 2.29. The molecule has 58 valence electrons. The van der Waals surface area contributed by atoms with Gasteiger partial charge < -0.3 is 0 Å². The zero-order valence-corrected chi connectivity index (χ0v) is 7.99. The van der Waals surface area contributed by atoms with E-state index in [1.165, 1.54) is 37.7 Å². The van der Waals surface area contributed by atoms with Gasteiger partial charge in [-0.25, -0.2) is 0 Å². The number of allylic oxidation sites excluding steroid dienone is 1. The lowest BCUT2D eigenvalue weighted by molar-refractivity contribution is 0.411. The molecule has 1 saturated carbocycles. The van der Waals surface area contributed by atoms with Crippen molar-refractivity contribution in [1.29, 1.82) is 0 Å². The molecular weight excluding hydrogens is 188 g/mol. The molecule has 1 aliphatic carbocycles. The van der Waals surface area contributed by atoms with E-state index in [2.05, 4.69) is 22.5 Å². The highest BCUT2D eigenvalue weighted by molar-refractivity contribution is 9.09. The number of alkyl halides is 1. The molecule has 0 heterocycles. The first-order chi connectivity index (χ1) is 4.83. The molecule has 1 rings (SSSR count). The zero-order chi connectivity index (χ0) is 7.40. The van der Waals surface area contributed by atoms with Gasteiger partial charge in [-0.05, 0) is 38.0 Å². The average Bonchev–Trinajstić information content (AvgIpc) is 1.88. The molecule has 1 atom stereocenters.